The molecule has 13 heteroatoms. The van der Waals surface area contributed by atoms with Crippen molar-refractivity contribution in [3.63, 3.8) is 0 Å². The predicted molar refractivity (Wildman–Crippen MR) is 377 cm³/mol. The second-order valence-electron chi connectivity index (χ2n) is 23.3. The van der Waals surface area contributed by atoms with Crippen molar-refractivity contribution >= 4 is 87.7 Å². The Labute approximate surface area is 536 Å². The number of para-hydroxylation sites is 4. The highest BCUT2D eigenvalue weighted by Crippen LogP contribution is 2.54. The van der Waals surface area contributed by atoms with E-state index >= 15 is 0 Å². The first kappa shape index (κ1) is 52.8. The van der Waals surface area contributed by atoms with Crippen LogP contribution in [0.2, 0.25) is 0 Å². The van der Waals surface area contributed by atoms with Crippen LogP contribution in [0.4, 0.5) is 0 Å². The smallest absolute Gasteiger partial charge is 0.167 e. The highest BCUT2D eigenvalue weighted by Gasteiger charge is 2.38. The van der Waals surface area contributed by atoms with Gasteiger partial charge in [0.15, 0.2) is 23.3 Å². The van der Waals surface area contributed by atoms with Gasteiger partial charge in [-0.2, -0.15) is 0 Å². The molecule has 0 unspecified atom stereocenters. The molecule has 0 atom stereocenters. The number of pyridine rings is 4. The average molecular weight is 1200 g/mol. The number of rotatable bonds is 10. The number of fused-ring (bicyclic) bond motifs is 12. The monoisotopic (exact) mass is 1200 g/mol. The fraction of sp³-hybridized carbons (Fsp3) is 0. The topological polar surface area (TPSA) is 136 Å². The fourth-order valence-electron chi connectivity index (χ4n) is 14.1. The zero-order valence-electron chi connectivity index (χ0n) is 50.1. The molecule has 0 aliphatic heterocycles. The zero-order chi connectivity index (χ0) is 61.8. The maximum Gasteiger partial charge on any atom is 0.167 e. The summed E-state index contributed by atoms with van der Waals surface area (Å²) in [6, 6.07) is 94.2. The van der Waals surface area contributed by atoms with Crippen molar-refractivity contribution in [2.45, 2.75) is 0 Å². The van der Waals surface area contributed by atoms with Crippen molar-refractivity contribution in [1.29, 1.82) is 0 Å². The molecule has 0 fully saturated rings. The molecular formula is C81H49N13. The van der Waals surface area contributed by atoms with E-state index < -0.39 is 0 Å². The summed E-state index contributed by atoms with van der Waals surface area (Å²) in [6.07, 6.45) is 7.51. The lowest BCUT2D eigenvalue weighted by molar-refractivity contribution is 1.01. The third-order valence-corrected chi connectivity index (χ3v) is 18.0. The Morgan fingerprint density at radius 1 is 0.202 bits per heavy atom. The minimum atomic E-state index is 0.359. The van der Waals surface area contributed by atoms with E-state index in [4.69, 9.17) is 44.9 Å². The number of benzene rings is 9. The Kier molecular flexibility index (Phi) is 11.9. The van der Waals surface area contributed by atoms with E-state index in [1.807, 2.05) is 97.6 Å². The van der Waals surface area contributed by atoms with Gasteiger partial charge in [-0.05, 0) is 78.9 Å². The van der Waals surface area contributed by atoms with Gasteiger partial charge in [0.25, 0.3) is 0 Å². The molecule has 0 saturated carbocycles. The first-order valence-corrected chi connectivity index (χ1v) is 31.2. The van der Waals surface area contributed by atoms with Gasteiger partial charge in [0.05, 0.1) is 111 Å². The first-order chi connectivity index (χ1) is 46.7. The lowest BCUT2D eigenvalue weighted by Gasteiger charge is -2.30. The van der Waals surface area contributed by atoms with Gasteiger partial charge < -0.3 is 18.3 Å². The fourth-order valence-corrected chi connectivity index (χ4v) is 14.1. The van der Waals surface area contributed by atoms with E-state index in [1.165, 1.54) is 0 Å². The first-order valence-electron chi connectivity index (χ1n) is 31.2. The van der Waals surface area contributed by atoms with E-state index in [1.54, 1.807) is 0 Å². The standard InChI is InChI=1S/C81H49N13/c1-5-25-50(26-6-1)58-49-59(51-27-7-2-8-28-51)87-80(86-58)68-69(81-89-78(52-29-9-3-10-30-52)88-79(90-81)53-31-11-4-12-32-53)75(92-61-38-18-14-34-55(61)71-65(92)42-22-46-83-71)77(94-63-40-20-16-36-57(63)73-67(94)44-24-48-85-73)76(93-62-39-19-15-35-56(62)72-66(93)43-23-47-84-72)74(68)91-60-37-17-13-33-54(60)70-64(91)41-21-45-82-70/h1-49H. The minimum Gasteiger partial charge on any atom is -0.305 e. The SMILES string of the molecule is c1ccc(-c2cc(-c3ccccc3)nc(-c3c(-c4nc(-c5ccccc5)nc(-c5ccccc5)n4)c(-n4c5ccccc5c5ncccc54)c(-n4c5ccccc5c5ncccc54)c(-n4c5ccccc5c5ncccc54)c3-n3c4ccccc4c4ncccc43)n2)cc1. The predicted octanol–water partition coefficient (Wildman–Crippen LogP) is 18.6. The van der Waals surface area contributed by atoms with Crippen molar-refractivity contribution in [2.75, 3.05) is 0 Å². The molecule has 0 aliphatic rings. The van der Waals surface area contributed by atoms with E-state index in [-0.39, 0.29) is 0 Å². The maximum atomic E-state index is 5.99. The Hall–Kier alpha value is -13.1. The van der Waals surface area contributed by atoms with Crippen molar-refractivity contribution in [1.82, 2.24) is 63.1 Å². The lowest BCUT2D eigenvalue weighted by atomic mass is 9.94. The van der Waals surface area contributed by atoms with Crippen LogP contribution >= 0.6 is 0 Å². The number of hydrogen-bond acceptors (Lipinski definition) is 9. The van der Waals surface area contributed by atoms with Crippen LogP contribution < -0.4 is 0 Å². The van der Waals surface area contributed by atoms with Crippen molar-refractivity contribution < 1.29 is 0 Å². The van der Waals surface area contributed by atoms with Crippen LogP contribution in [-0.4, -0.2) is 63.1 Å². The summed E-state index contributed by atoms with van der Waals surface area (Å²) in [5.41, 5.74) is 19.2. The van der Waals surface area contributed by atoms with Gasteiger partial charge in [0.2, 0.25) is 0 Å². The highest BCUT2D eigenvalue weighted by molar-refractivity contribution is 6.17. The number of aromatic nitrogens is 13. The molecule has 94 heavy (non-hydrogen) atoms. The molecule has 438 valence electrons. The molecule has 10 aromatic heterocycles. The Balaban J connectivity index is 1.19. The van der Waals surface area contributed by atoms with Gasteiger partial charge >= 0.3 is 0 Å². The maximum absolute atomic E-state index is 5.99. The molecule has 0 radical (unpaired) electrons. The number of nitrogens with zero attached hydrogens (tertiary/aromatic N) is 13. The second kappa shape index (κ2) is 21.3. The summed E-state index contributed by atoms with van der Waals surface area (Å²) in [6.45, 7) is 0. The summed E-state index contributed by atoms with van der Waals surface area (Å²) in [7, 11) is 0. The van der Waals surface area contributed by atoms with Crippen LogP contribution in [0.5, 0.6) is 0 Å². The summed E-state index contributed by atoms with van der Waals surface area (Å²) < 4.78 is 9.58. The molecule has 0 saturated heterocycles. The summed E-state index contributed by atoms with van der Waals surface area (Å²) in [5, 5.41) is 3.81. The van der Waals surface area contributed by atoms with E-state index in [0.29, 0.717) is 57.2 Å². The Bertz CT molecular complexity index is 5520. The van der Waals surface area contributed by atoms with Crippen molar-refractivity contribution in [3.8, 4) is 90.8 Å². The molecule has 0 amide bonds. The molecule has 19 aromatic rings. The molecule has 9 aromatic carbocycles. The lowest BCUT2D eigenvalue weighted by Crippen LogP contribution is -2.18. The summed E-state index contributed by atoms with van der Waals surface area (Å²) in [4.78, 5) is 50.3. The molecule has 0 spiro atoms. The molecule has 0 bridgehead atoms. The third kappa shape index (κ3) is 8.11. The molecule has 0 aliphatic carbocycles. The quantitative estimate of drug-likeness (QED) is 0.131. The Morgan fingerprint density at radius 2 is 0.457 bits per heavy atom. The molecular weight excluding hydrogens is 1150 g/mol. The van der Waals surface area contributed by atoms with Gasteiger partial charge in [0, 0.05) is 68.6 Å². The molecule has 19 rings (SSSR count). The van der Waals surface area contributed by atoms with Gasteiger partial charge in [-0.15, -0.1) is 0 Å². The van der Waals surface area contributed by atoms with Crippen LogP contribution in [0.3, 0.4) is 0 Å². The second-order valence-corrected chi connectivity index (χ2v) is 23.3. The normalized spacial score (nSPS) is 11.8. The zero-order valence-corrected chi connectivity index (χ0v) is 50.1. The van der Waals surface area contributed by atoms with Gasteiger partial charge in [0.1, 0.15) is 0 Å². The van der Waals surface area contributed by atoms with E-state index in [2.05, 4.69) is 218 Å². The summed E-state index contributed by atoms with van der Waals surface area (Å²) >= 11 is 0. The highest BCUT2D eigenvalue weighted by atomic mass is 15.2. The number of hydrogen-bond donors (Lipinski definition) is 0. The summed E-state index contributed by atoms with van der Waals surface area (Å²) in [5.74, 6) is 1.70. The molecule has 10 heterocycles. The van der Waals surface area contributed by atoms with E-state index in [9.17, 15) is 0 Å². The van der Waals surface area contributed by atoms with Crippen LogP contribution in [0.15, 0.2) is 298 Å². The average Bonchev–Trinajstić information content (AvgIpc) is 1.42. The third-order valence-electron chi connectivity index (χ3n) is 18.0. The van der Waals surface area contributed by atoms with Crippen LogP contribution in [0, 0.1) is 0 Å². The van der Waals surface area contributed by atoms with Crippen LogP contribution in [-0.2, 0) is 0 Å². The van der Waals surface area contributed by atoms with Gasteiger partial charge in [-0.3, -0.25) is 19.9 Å². The van der Waals surface area contributed by atoms with Gasteiger partial charge in [-0.1, -0.05) is 194 Å². The molecule has 0 N–H and O–H groups in total. The minimum absolute atomic E-state index is 0.359. The Morgan fingerprint density at radius 3 is 0.787 bits per heavy atom. The molecule has 13 nitrogen and oxygen atoms in total. The van der Waals surface area contributed by atoms with Crippen LogP contribution in [0.1, 0.15) is 0 Å². The van der Waals surface area contributed by atoms with Crippen LogP contribution in [0.25, 0.3) is 179 Å². The largest absolute Gasteiger partial charge is 0.305 e. The van der Waals surface area contributed by atoms with Gasteiger partial charge in [-0.25, -0.2) is 24.9 Å². The van der Waals surface area contributed by atoms with Crippen molar-refractivity contribution in [2.24, 2.45) is 0 Å². The van der Waals surface area contributed by atoms with Crippen molar-refractivity contribution in [3.05, 3.63) is 298 Å². The van der Waals surface area contributed by atoms with E-state index in [0.717, 1.165) is 121 Å².